The van der Waals surface area contributed by atoms with E-state index in [9.17, 15) is 9.59 Å². The van der Waals surface area contributed by atoms with Gasteiger partial charge in [0, 0.05) is 5.69 Å². The smallest absolute Gasteiger partial charge is 0.335 e. The molecule has 0 saturated carbocycles. The van der Waals surface area contributed by atoms with Crippen molar-refractivity contribution < 1.29 is 19.4 Å². The fourth-order valence-electron chi connectivity index (χ4n) is 1.44. The lowest BCUT2D eigenvalue weighted by Gasteiger charge is -2.23. The fourth-order valence-corrected chi connectivity index (χ4v) is 1.44. The van der Waals surface area contributed by atoms with Crippen molar-refractivity contribution in [2.24, 2.45) is 0 Å². The van der Waals surface area contributed by atoms with Crippen molar-refractivity contribution >= 4 is 17.6 Å². The van der Waals surface area contributed by atoms with E-state index < -0.39 is 17.6 Å². The fraction of sp³-hybridized carbons (Fsp3) is 0.429. The number of anilines is 1. The molecule has 2 N–H and O–H groups in total. The molecule has 0 spiro atoms. The summed E-state index contributed by atoms with van der Waals surface area (Å²) in [4.78, 5) is 22.6. The van der Waals surface area contributed by atoms with Gasteiger partial charge in [-0.25, -0.2) is 9.59 Å². The maximum Gasteiger partial charge on any atom is 0.335 e. The molecule has 1 atom stereocenters. The number of hydrogen-bond donors (Lipinski definition) is 2. The van der Waals surface area contributed by atoms with Crippen LogP contribution in [-0.4, -0.2) is 28.7 Å². The Labute approximate surface area is 112 Å². The third kappa shape index (κ3) is 4.99. The van der Waals surface area contributed by atoms with Gasteiger partial charge < -0.3 is 15.2 Å². The number of ether oxygens (including phenoxy) is 1. The highest BCUT2D eigenvalue weighted by Gasteiger charge is 2.21. The van der Waals surface area contributed by atoms with E-state index in [1.165, 1.54) is 12.1 Å². The Morgan fingerprint density at radius 2 is 1.95 bits per heavy atom. The van der Waals surface area contributed by atoms with Gasteiger partial charge in [-0.2, -0.15) is 0 Å². The van der Waals surface area contributed by atoms with Crippen molar-refractivity contribution in [1.82, 2.24) is 0 Å². The molecule has 1 unspecified atom stereocenters. The second kappa shape index (κ2) is 5.73. The Morgan fingerprint density at radius 1 is 1.32 bits per heavy atom. The maximum atomic E-state index is 11.8. The van der Waals surface area contributed by atoms with E-state index >= 15 is 0 Å². The zero-order chi connectivity index (χ0) is 14.6. The summed E-state index contributed by atoms with van der Waals surface area (Å²) >= 11 is 0. The van der Waals surface area contributed by atoms with E-state index in [-0.39, 0.29) is 11.5 Å². The molecule has 19 heavy (non-hydrogen) atoms. The number of carboxylic acids is 1. The largest absolute Gasteiger partial charge is 0.478 e. The van der Waals surface area contributed by atoms with Crippen molar-refractivity contribution in [1.29, 1.82) is 0 Å². The number of carbonyl (C=O) groups excluding carboxylic acids is 1. The van der Waals surface area contributed by atoms with Crippen LogP contribution in [0.2, 0.25) is 0 Å². The lowest BCUT2D eigenvalue weighted by molar-refractivity contribution is -0.155. The van der Waals surface area contributed by atoms with Crippen LogP contribution in [0.25, 0.3) is 0 Å². The van der Waals surface area contributed by atoms with E-state index in [0.29, 0.717) is 5.69 Å². The zero-order valence-corrected chi connectivity index (χ0v) is 11.6. The predicted molar refractivity (Wildman–Crippen MR) is 72.3 cm³/mol. The number of benzene rings is 1. The van der Waals surface area contributed by atoms with E-state index in [1.54, 1.807) is 39.8 Å². The summed E-state index contributed by atoms with van der Waals surface area (Å²) in [7, 11) is 0. The minimum Gasteiger partial charge on any atom is -0.478 e. The number of rotatable bonds is 4. The van der Waals surface area contributed by atoms with Crippen LogP contribution < -0.4 is 5.32 Å². The van der Waals surface area contributed by atoms with Gasteiger partial charge in [-0.15, -0.1) is 0 Å². The van der Waals surface area contributed by atoms with Gasteiger partial charge in [0.05, 0.1) is 5.56 Å². The van der Waals surface area contributed by atoms with Crippen molar-refractivity contribution in [3.8, 4) is 0 Å². The molecule has 0 aliphatic carbocycles. The van der Waals surface area contributed by atoms with Gasteiger partial charge in [-0.05, 0) is 45.9 Å². The average Bonchev–Trinajstić information content (AvgIpc) is 2.27. The van der Waals surface area contributed by atoms with E-state index in [4.69, 9.17) is 9.84 Å². The highest BCUT2D eigenvalue weighted by atomic mass is 16.6. The number of esters is 1. The average molecular weight is 265 g/mol. The van der Waals surface area contributed by atoms with Crippen LogP contribution in [0.3, 0.4) is 0 Å². The Bertz CT molecular complexity index is 477. The van der Waals surface area contributed by atoms with Gasteiger partial charge in [-0.1, -0.05) is 6.07 Å². The van der Waals surface area contributed by atoms with Crippen molar-refractivity contribution in [2.75, 3.05) is 5.32 Å². The van der Waals surface area contributed by atoms with Gasteiger partial charge in [0.2, 0.25) is 0 Å². The molecule has 0 fully saturated rings. The first-order chi connectivity index (χ1) is 8.69. The second-order valence-electron chi connectivity index (χ2n) is 5.29. The normalized spacial score (nSPS) is 12.6. The van der Waals surface area contributed by atoms with Crippen LogP contribution in [0.5, 0.6) is 0 Å². The summed E-state index contributed by atoms with van der Waals surface area (Å²) in [6, 6.07) is 5.73. The number of carbonyl (C=O) groups is 2. The maximum absolute atomic E-state index is 11.8. The molecule has 5 nitrogen and oxygen atoms in total. The molecule has 1 aromatic carbocycles. The molecular formula is C14H19NO4. The minimum atomic E-state index is -1.01. The summed E-state index contributed by atoms with van der Waals surface area (Å²) in [6.07, 6.45) is 0. The topological polar surface area (TPSA) is 75.6 Å². The molecule has 0 aromatic heterocycles. The molecular weight excluding hydrogens is 246 g/mol. The van der Waals surface area contributed by atoms with E-state index in [0.717, 1.165) is 0 Å². The zero-order valence-electron chi connectivity index (χ0n) is 11.6. The first-order valence-electron chi connectivity index (χ1n) is 6.02. The van der Waals surface area contributed by atoms with E-state index in [2.05, 4.69) is 5.32 Å². The Kier molecular flexibility index (Phi) is 4.53. The molecule has 5 heteroatoms. The van der Waals surface area contributed by atoms with Crippen LogP contribution in [-0.2, 0) is 9.53 Å². The van der Waals surface area contributed by atoms with E-state index in [1.807, 2.05) is 0 Å². The van der Waals surface area contributed by atoms with Crippen LogP contribution in [0, 0.1) is 0 Å². The molecule has 0 amide bonds. The Hall–Kier alpha value is -2.04. The summed E-state index contributed by atoms with van der Waals surface area (Å²) in [5.41, 5.74) is 0.190. The third-order valence-electron chi connectivity index (χ3n) is 2.25. The van der Waals surface area contributed by atoms with Crippen LogP contribution >= 0.6 is 0 Å². The van der Waals surface area contributed by atoms with Crippen LogP contribution in [0.4, 0.5) is 5.69 Å². The molecule has 0 heterocycles. The predicted octanol–water partition coefficient (Wildman–Crippen LogP) is 2.53. The number of aromatic carboxylic acids is 1. The minimum absolute atomic E-state index is 0.168. The molecule has 0 aliphatic heterocycles. The molecule has 0 radical (unpaired) electrons. The number of carboxylic acid groups (broad SMARTS) is 1. The van der Waals surface area contributed by atoms with Gasteiger partial charge in [0.25, 0.3) is 0 Å². The van der Waals surface area contributed by atoms with Gasteiger partial charge in [0.1, 0.15) is 11.6 Å². The van der Waals surface area contributed by atoms with Crippen molar-refractivity contribution in [3.05, 3.63) is 29.8 Å². The number of nitrogens with one attached hydrogen (secondary N) is 1. The standard InChI is InChI=1S/C14H19NO4/c1-9(13(18)19-14(2,3)4)15-11-7-5-6-10(8-11)12(16)17/h5-9,15H,1-4H3,(H,16,17). The molecule has 1 aromatic rings. The SMILES string of the molecule is CC(Nc1cccc(C(=O)O)c1)C(=O)OC(C)(C)C. The van der Waals surface area contributed by atoms with Crippen molar-refractivity contribution in [2.45, 2.75) is 39.3 Å². The lowest BCUT2D eigenvalue weighted by atomic mass is 10.1. The molecule has 0 bridgehead atoms. The highest BCUT2D eigenvalue weighted by Crippen LogP contribution is 2.14. The van der Waals surface area contributed by atoms with Gasteiger partial charge in [-0.3, -0.25) is 0 Å². The summed E-state index contributed by atoms with van der Waals surface area (Å²) in [6.45, 7) is 7.05. The van der Waals surface area contributed by atoms with Gasteiger partial charge in [0.15, 0.2) is 0 Å². The summed E-state index contributed by atoms with van der Waals surface area (Å²) in [5.74, 6) is -1.39. The first kappa shape index (κ1) is 15.0. The lowest BCUT2D eigenvalue weighted by Crippen LogP contribution is -2.34. The molecule has 0 aliphatic rings. The van der Waals surface area contributed by atoms with Crippen molar-refractivity contribution in [3.63, 3.8) is 0 Å². The molecule has 104 valence electrons. The summed E-state index contributed by atoms with van der Waals surface area (Å²) in [5, 5.41) is 11.8. The monoisotopic (exact) mass is 265 g/mol. The number of hydrogen-bond acceptors (Lipinski definition) is 4. The molecule has 0 saturated heterocycles. The highest BCUT2D eigenvalue weighted by molar-refractivity contribution is 5.89. The Morgan fingerprint density at radius 3 is 2.47 bits per heavy atom. The third-order valence-corrected chi connectivity index (χ3v) is 2.25. The first-order valence-corrected chi connectivity index (χ1v) is 6.02. The Balaban J connectivity index is 2.71. The molecule has 1 rings (SSSR count). The summed E-state index contributed by atoms with van der Waals surface area (Å²) < 4.78 is 5.23. The second-order valence-corrected chi connectivity index (χ2v) is 5.29. The quantitative estimate of drug-likeness (QED) is 0.818. The van der Waals surface area contributed by atoms with Crippen LogP contribution in [0.1, 0.15) is 38.1 Å². The van der Waals surface area contributed by atoms with Crippen LogP contribution in [0.15, 0.2) is 24.3 Å². The van der Waals surface area contributed by atoms with Gasteiger partial charge >= 0.3 is 11.9 Å².